The molecule has 5 nitrogen and oxygen atoms in total. The predicted octanol–water partition coefficient (Wildman–Crippen LogP) is 3.68. The van der Waals surface area contributed by atoms with Crippen LogP contribution < -0.4 is 11.1 Å². The van der Waals surface area contributed by atoms with Crippen molar-refractivity contribution in [1.29, 1.82) is 0 Å². The number of benzene rings is 1. The lowest BCUT2D eigenvalue weighted by Crippen LogP contribution is -2.19. The van der Waals surface area contributed by atoms with Gasteiger partial charge in [-0.1, -0.05) is 17.7 Å². The molecular weight excluding hydrogens is 312 g/mol. The van der Waals surface area contributed by atoms with Gasteiger partial charge in [0.25, 0.3) is 5.91 Å². The minimum Gasteiger partial charge on any atom is -0.367 e. The van der Waals surface area contributed by atoms with E-state index in [9.17, 15) is 4.79 Å². The lowest BCUT2D eigenvalue weighted by atomic mass is 10.1. The fourth-order valence-electron chi connectivity index (χ4n) is 3.10. The minimum absolute atomic E-state index is 0.349. The van der Waals surface area contributed by atoms with E-state index >= 15 is 0 Å². The van der Waals surface area contributed by atoms with Crippen LogP contribution in [-0.2, 0) is 0 Å². The number of primary amides is 1. The zero-order chi connectivity index (χ0) is 16.1. The molecule has 1 aliphatic rings. The Morgan fingerprint density at radius 1 is 1.48 bits per heavy atom. The topological polar surface area (TPSA) is 83.8 Å². The monoisotopic (exact) mass is 328 g/mol. The lowest BCUT2D eigenvalue weighted by molar-refractivity contribution is 0.100. The van der Waals surface area contributed by atoms with Crippen LogP contribution in [0.15, 0.2) is 24.4 Å². The van der Waals surface area contributed by atoms with Crippen LogP contribution in [0.1, 0.15) is 30.1 Å². The third kappa shape index (κ3) is 2.41. The van der Waals surface area contributed by atoms with Crippen LogP contribution in [0.3, 0.4) is 0 Å². The van der Waals surface area contributed by atoms with Crippen molar-refractivity contribution in [2.24, 2.45) is 11.7 Å². The molecule has 0 unspecified atom stereocenters. The molecular formula is C17H17ClN4O. The van der Waals surface area contributed by atoms with Crippen molar-refractivity contribution in [3.05, 3.63) is 35.0 Å². The van der Waals surface area contributed by atoms with Gasteiger partial charge in [0.05, 0.1) is 16.5 Å². The SMILES string of the molecule is C[C@H](Nc1ncc(C(N)=O)c2[nH]c3cc(Cl)ccc3c12)C1CC1. The first-order valence-electron chi connectivity index (χ1n) is 7.71. The van der Waals surface area contributed by atoms with E-state index in [1.54, 1.807) is 0 Å². The number of rotatable bonds is 4. The molecule has 1 saturated carbocycles. The number of halogens is 1. The average molecular weight is 329 g/mol. The molecule has 0 aliphatic heterocycles. The van der Waals surface area contributed by atoms with Crippen molar-refractivity contribution in [3.63, 3.8) is 0 Å². The first-order valence-corrected chi connectivity index (χ1v) is 8.08. The number of H-pyrrole nitrogens is 1. The highest BCUT2D eigenvalue weighted by molar-refractivity contribution is 6.32. The molecule has 1 aromatic carbocycles. The van der Waals surface area contributed by atoms with Crippen LogP contribution in [0, 0.1) is 5.92 Å². The molecule has 2 heterocycles. The van der Waals surface area contributed by atoms with E-state index in [1.165, 1.54) is 19.0 Å². The smallest absolute Gasteiger partial charge is 0.252 e. The van der Waals surface area contributed by atoms with Crippen molar-refractivity contribution >= 4 is 45.1 Å². The second-order valence-corrected chi connectivity index (χ2v) is 6.66. The maximum atomic E-state index is 11.7. The van der Waals surface area contributed by atoms with Crippen LogP contribution in [0.5, 0.6) is 0 Å². The Bertz CT molecular complexity index is 929. The summed E-state index contributed by atoms with van der Waals surface area (Å²) in [5.41, 5.74) is 7.45. The van der Waals surface area contributed by atoms with Gasteiger partial charge in [-0.05, 0) is 37.8 Å². The van der Waals surface area contributed by atoms with Gasteiger partial charge in [-0.2, -0.15) is 0 Å². The van der Waals surface area contributed by atoms with Crippen LogP contribution in [0.2, 0.25) is 5.02 Å². The van der Waals surface area contributed by atoms with Crippen LogP contribution in [-0.4, -0.2) is 21.9 Å². The largest absolute Gasteiger partial charge is 0.367 e. The van der Waals surface area contributed by atoms with Gasteiger partial charge in [0.2, 0.25) is 0 Å². The van der Waals surface area contributed by atoms with Gasteiger partial charge in [-0.25, -0.2) is 4.98 Å². The highest BCUT2D eigenvalue weighted by Gasteiger charge is 2.29. The summed E-state index contributed by atoms with van der Waals surface area (Å²) in [4.78, 5) is 19.4. The maximum absolute atomic E-state index is 11.7. The molecule has 0 radical (unpaired) electrons. The van der Waals surface area contributed by atoms with Gasteiger partial charge < -0.3 is 16.0 Å². The third-order valence-corrected chi connectivity index (χ3v) is 4.78. The second kappa shape index (κ2) is 5.13. The first-order chi connectivity index (χ1) is 11.0. The molecule has 0 spiro atoms. The Kier molecular flexibility index (Phi) is 3.20. The fourth-order valence-corrected chi connectivity index (χ4v) is 3.27. The number of carbonyl (C=O) groups is 1. The summed E-state index contributed by atoms with van der Waals surface area (Å²) in [5, 5.41) is 5.99. The number of hydrogen-bond acceptors (Lipinski definition) is 3. The number of carbonyl (C=O) groups excluding carboxylic acids is 1. The normalized spacial score (nSPS) is 15.9. The van der Waals surface area contributed by atoms with Gasteiger partial charge in [0.1, 0.15) is 5.82 Å². The Hall–Kier alpha value is -2.27. The Morgan fingerprint density at radius 2 is 2.26 bits per heavy atom. The number of nitrogens with zero attached hydrogens (tertiary/aromatic N) is 1. The van der Waals surface area contributed by atoms with Gasteiger partial charge in [-0.15, -0.1) is 0 Å². The van der Waals surface area contributed by atoms with Crippen molar-refractivity contribution in [1.82, 2.24) is 9.97 Å². The van der Waals surface area contributed by atoms with E-state index in [2.05, 4.69) is 22.2 Å². The zero-order valence-electron chi connectivity index (χ0n) is 12.7. The number of fused-ring (bicyclic) bond motifs is 3. The summed E-state index contributed by atoms with van der Waals surface area (Å²) in [6.45, 7) is 2.17. The van der Waals surface area contributed by atoms with E-state index in [-0.39, 0.29) is 0 Å². The molecule has 0 saturated heterocycles. The van der Waals surface area contributed by atoms with Crippen LogP contribution >= 0.6 is 11.6 Å². The summed E-state index contributed by atoms with van der Waals surface area (Å²) < 4.78 is 0. The predicted molar refractivity (Wildman–Crippen MR) is 92.9 cm³/mol. The number of aromatic nitrogens is 2. The Balaban J connectivity index is 1.97. The number of aromatic amines is 1. The van der Waals surface area contributed by atoms with Gasteiger partial charge in [-0.3, -0.25) is 4.79 Å². The van der Waals surface area contributed by atoms with E-state index in [1.807, 2.05) is 18.2 Å². The fraction of sp³-hybridized carbons (Fsp3) is 0.294. The van der Waals surface area contributed by atoms with E-state index < -0.39 is 5.91 Å². The van der Waals surface area contributed by atoms with Gasteiger partial charge in [0, 0.05) is 28.2 Å². The molecule has 6 heteroatoms. The molecule has 3 aromatic rings. The Morgan fingerprint density at radius 3 is 2.96 bits per heavy atom. The second-order valence-electron chi connectivity index (χ2n) is 6.22. The molecule has 2 aromatic heterocycles. The molecule has 0 bridgehead atoms. The number of nitrogens with two attached hydrogens (primary N) is 1. The standard InChI is InChI=1S/C17H17ClN4O/c1-8(9-2-3-9)21-17-14-11-5-4-10(18)6-13(11)22-15(14)12(7-20-17)16(19)23/h4-9,22H,2-3H2,1H3,(H2,19,23)(H,20,21)/t8-/m0/s1. The molecule has 23 heavy (non-hydrogen) atoms. The highest BCUT2D eigenvalue weighted by Crippen LogP contribution is 2.37. The average Bonchev–Trinajstić information content (AvgIpc) is 3.28. The lowest BCUT2D eigenvalue weighted by Gasteiger charge is -2.15. The number of nitrogens with one attached hydrogen (secondary N) is 2. The first kappa shape index (κ1) is 14.3. The molecule has 1 fully saturated rings. The number of hydrogen-bond donors (Lipinski definition) is 3. The number of pyridine rings is 1. The third-order valence-electron chi connectivity index (χ3n) is 4.55. The summed E-state index contributed by atoms with van der Waals surface area (Å²) in [7, 11) is 0. The molecule has 1 atom stereocenters. The Labute approximate surface area is 138 Å². The van der Waals surface area contributed by atoms with E-state index in [0.29, 0.717) is 28.1 Å². The number of amides is 1. The van der Waals surface area contributed by atoms with E-state index in [4.69, 9.17) is 17.3 Å². The minimum atomic E-state index is -0.498. The quantitative estimate of drug-likeness (QED) is 0.683. The van der Waals surface area contributed by atoms with Crippen molar-refractivity contribution in [2.75, 3.05) is 5.32 Å². The van der Waals surface area contributed by atoms with Crippen LogP contribution in [0.25, 0.3) is 21.8 Å². The summed E-state index contributed by atoms with van der Waals surface area (Å²) in [5.74, 6) is 0.974. The van der Waals surface area contributed by atoms with Gasteiger partial charge >= 0.3 is 0 Å². The number of anilines is 1. The molecule has 1 aliphatic carbocycles. The summed E-state index contributed by atoms with van der Waals surface area (Å²) >= 11 is 6.08. The van der Waals surface area contributed by atoms with Crippen molar-refractivity contribution < 1.29 is 4.79 Å². The maximum Gasteiger partial charge on any atom is 0.252 e. The summed E-state index contributed by atoms with van der Waals surface area (Å²) in [6.07, 6.45) is 4.03. The molecule has 1 amide bonds. The van der Waals surface area contributed by atoms with Crippen molar-refractivity contribution in [3.8, 4) is 0 Å². The van der Waals surface area contributed by atoms with Gasteiger partial charge in [0.15, 0.2) is 0 Å². The van der Waals surface area contributed by atoms with E-state index in [0.717, 1.165) is 22.1 Å². The van der Waals surface area contributed by atoms with Crippen molar-refractivity contribution in [2.45, 2.75) is 25.8 Å². The zero-order valence-corrected chi connectivity index (χ0v) is 13.4. The van der Waals surface area contributed by atoms with Crippen LogP contribution in [0.4, 0.5) is 5.82 Å². The molecule has 4 rings (SSSR count). The molecule has 4 N–H and O–H groups in total. The summed E-state index contributed by atoms with van der Waals surface area (Å²) in [6, 6.07) is 5.97. The molecule has 118 valence electrons. The highest BCUT2D eigenvalue weighted by atomic mass is 35.5.